The van der Waals surface area contributed by atoms with E-state index in [4.69, 9.17) is 0 Å². The Bertz CT molecular complexity index is 671. The highest BCUT2D eigenvalue weighted by molar-refractivity contribution is 5.80. The monoisotopic (exact) mass is 353 g/mol. The molecule has 2 fully saturated rings. The molecule has 1 saturated heterocycles. The summed E-state index contributed by atoms with van der Waals surface area (Å²) in [6.07, 6.45) is 8.42. The Morgan fingerprint density at radius 3 is 2.77 bits per heavy atom. The molecule has 0 spiro atoms. The van der Waals surface area contributed by atoms with Crippen molar-refractivity contribution in [1.82, 2.24) is 15.5 Å². The van der Waals surface area contributed by atoms with E-state index < -0.39 is 0 Å². The van der Waals surface area contributed by atoms with Crippen molar-refractivity contribution in [3.8, 4) is 0 Å². The second-order valence-electron chi connectivity index (χ2n) is 7.83. The molecule has 5 nitrogen and oxygen atoms in total. The number of nitrogens with one attached hydrogen (secondary N) is 2. The van der Waals surface area contributed by atoms with Crippen molar-refractivity contribution in [2.75, 3.05) is 31.6 Å². The number of hydrogen-bond acceptors (Lipinski definition) is 3. The third kappa shape index (κ3) is 4.04. The molecule has 2 N–H and O–H groups in total. The molecule has 0 amide bonds. The van der Waals surface area contributed by atoms with Crippen LogP contribution in [0, 0.1) is 0 Å². The number of benzene rings is 1. The number of likely N-dealkylation sites (tertiary alicyclic amines) is 1. The van der Waals surface area contributed by atoms with E-state index in [1.165, 1.54) is 30.5 Å². The lowest BCUT2D eigenvalue weighted by molar-refractivity contribution is 0.256. The van der Waals surface area contributed by atoms with Crippen LogP contribution in [0.1, 0.15) is 31.7 Å². The molecular formula is C21H31N5. The van der Waals surface area contributed by atoms with Crippen LogP contribution in [0.15, 0.2) is 41.4 Å². The number of guanidine groups is 1. The minimum Gasteiger partial charge on any atom is -0.364 e. The first-order valence-electron chi connectivity index (χ1n) is 9.95. The van der Waals surface area contributed by atoms with Crippen LogP contribution >= 0.6 is 0 Å². The van der Waals surface area contributed by atoms with Crippen molar-refractivity contribution in [3.05, 3.63) is 42.0 Å². The van der Waals surface area contributed by atoms with Crippen LogP contribution in [0.3, 0.4) is 0 Å². The molecule has 2 heterocycles. The third-order valence-electron chi connectivity index (χ3n) is 5.76. The highest BCUT2D eigenvalue weighted by Crippen LogP contribution is 2.33. The molecule has 1 saturated carbocycles. The van der Waals surface area contributed by atoms with Crippen LogP contribution in [-0.4, -0.2) is 55.7 Å². The lowest BCUT2D eigenvalue weighted by Crippen LogP contribution is -2.44. The van der Waals surface area contributed by atoms with Crippen molar-refractivity contribution in [1.29, 1.82) is 0 Å². The maximum atomic E-state index is 4.43. The van der Waals surface area contributed by atoms with E-state index in [2.05, 4.69) is 68.8 Å². The summed E-state index contributed by atoms with van der Waals surface area (Å²) >= 11 is 0. The minimum absolute atomic E-state index is 0.499. The molecule has 2 atom stereocenters. The number of hydrogen-bond donors (Lipinski definition) is 2. The van der Waals surface area contributed by atoms with Crippen LogP contribution in [0.25, 0.3) is 0 Å². The predicted molar refractivity (Wildman–Crippen MR) is 109 cm³/mol. The maximum Gasteiger partial charge on any atom is 0.191 e. The molecule has 5 heteroatoms. The van der Waals surface area contributed by atoms with Crippen molar-refractivity contribution in [2.24, 2.45) is 4.99 Å². The standard InChI is InChI=1S/C21H31N5/c1-16-12-18(15-26(16)19-8-9-19)24-21(22-2)23-14-17-6-5-7-20(13-17)25-10-3-4-11-25/h3-7,13,16,18-19H,8-12,14-15H2,1-2H3,(H2,22,23,24). The van der Waals surface area contributed by atoms with Crippen LogP contribution in [0.5, 0.6) is 0 Å². The van der Waals surface area contributed by atoms with Gasteiger partial charge in [0.15, 0.2) is 5.96 Å². The van der Waals surface area contributed by atoms with Gasteiger partial charge in [0.1, 0.15) is 0 Å². The maximum absolute atomic E-state index is 4.43. The van der Waals surface area contributed by atoms with Gasteiger partial charge in [-0.3, -0.25) is 9.89 Å². The predicted octanol–water partition coefficient (Wildman–Crippen LogP) is 2.35. The van der Waals surface area contributed by atoms with Crippen LogP contribution < -0.4 is 15.5 Å². The van der Waals surface area contributed by atoms with E-state index in [0.29, 0.717) is 12.1 Å². The Morgan fingerprint density at radius 1 is 1.23 bits per heavy atom. The SMILES string of the molecule is CN=C(NCc1cccc(N2CC=CC2)c1)NC1CC(C)N(C2CC2)C1. The fraction of sp³-hybridized carbons (Fsp3) is 0.571. The lowest BCUT2D eigenvalue weighted by Gasteiger charge is -2.21. The van der Waals surface area contributed by atoms with Gasteiger partial charge in [-0.2, -0.15) is 0 Å². The molecule has 26 heavy (non-hydrogen) atoms. The van der Waals surface area contributed by atoms with Crippen LogP contribution in [-0.2, 0) is 6.54 Å². The third-order valence-corrected chi connectivity index (χ3v) is 5.76. The fourth-order valence-corrected chi connectivity index (χ4v) is 4.20. The van der Waals surface area contributed by atoms with Gasteiger partial charge < -0.3 is 15.5 Å². The first kappa shape index (κ1) is 17.4. The molecule has 140 valence electrons. The van der Waals surface area contributed by atoms with Gasteiger partial charge in [-0.25, -0.2) is 0 Å². The number of anilines is 1. The molecule has 2 unspecified atom stereocenters. The van der Waals surface area contributed by atoms with Crippen LogP contribution in [0.2, 0.25) is 0 Å². The zero-order valence-corrected chi connectivity index (χ0v) is 16.0. The van der Waals surface area contributed by atoms with Crippen molar-refractivity contribution < 1.29 is 0 Å². The molecule has 2 aliphatic heterocycles. The average Bonchev–Trinajstić information content (AvgIpc) is 3.21. The lowest BCUT2D eigenvalue weighted by atomic mass is 10.2. The molecular weight excluding hydrogens is 322 g/mol. The zero-order valence-electron chi connectivity index (χ0n) is 16.0. The van der Waals surface area contributed by atoms with Gasteiger partial charge >= 0.3 is 0 Å². The van der Waals surface area contributed by atoms with Gasteiger partial charge in [0.2, 0.25) is 0 Å². The average molecular weight is 354 g/mol. The molecule has 1 aliphatic carbocycles. The first-order chi connectivity index (χ1) is 12.7. The van der Waals surface area contributed by atoms with E-state index in [1.54, 1.807) is 0 Å². The minimum atomic E-state index is 0.499. The van der Waals surface area contributed by atoms with E-state index in [1.807, 2.05) is 7.05 Å². The summed E-state index contributed by atoms with van der Waals surface area (Å²) in [5, 5.41) is 7.12. The fourth-order valence-electron chi connectivity index (χ4n) is 4.20. The summed E-state index contributed by atoms with van der Waals surface area (Å²) in [6.45, 7) is 6.32. The Kier molecular flexibility index (Phi) is 5.16. The van der Waals surface area contributed by atoms with E-state index in [0.717, 1.165) is 38.2 Å². The topological polar surface area (TPSA) is 42.9 Å². The molecule has 4 rings (SSSR count). The summed E-state index contributed by atoms with van der Waals surface area (Å²) in [5.41, 5.74) is 2.58. The van der Waals surface area contributed by atoms with Gasteiger partial charge in [0.25, 0.3) is 0 Å². The molecule has 1 aromatic rings. The Hall–Kier alpha value is -2.01. The molecule has 0 bridgehead atoms. The van der Waals surface area contributed by atoms with E-state index >= 15 is 0 Å². The normalized spacial score (nSPS) is 26.5. The summed E-state index contributed by atoms with van der Waals surface area (Å²) in [4.78, 5) is 9.48. The second-order valence-corrected chi connectivity index (χ2v) is 7.83. The highest BCUT2D eigenvalue weighted by Gasteiger charge is 2.38. The Morgan fingerprint density at radius 2 is 2.04 bits per heavy atom. The number of rotatable bonds is 5. The van der Waals surface area contributed by atoms with Gasteiger partial charge in [0.05, 0.1) is 0 Å². The summed E-state index contributed by atoms with van der Waals surface area (Å²) in [6, 6.07) is 10.8. The smallest absolute Gasteiger partial charge is 0.191 e. The molecule has 0 radical (unpaired) electrons. The van der Waals surface area contributed by atoms with Gasteiger partial charge in [-0.15, -0.1) is 0 Å². The van der Waals surface area contributed by atoms with Gasteiger partial charge in [0, 0.05) is 57.0 Å². The van der Waals surface area contributed by atoms with Crippen molar-refractivity contribution >= 4 is 11.6 Å². The Balaban J connectivity index is 1.29. The largest absolute Gasteiger partial charge is 0.364 e. The second kappa shape index (κ2) is 7.70. The van der Waals surface area contributed by atoms with E-state index in [9.17, 15) is 0 Å². The van der Waals surface area contributed by atoms with E-state index in [-0.39, 0.29) is 0 Å². The molecule has 1 aromatic carbocycles. The van der Waals surface area contributed by atoms with Crippen molar-refractivity contribution in [2.45, 2.75) is 50.9 Å². The summed E-state index contributed by atoms with van der Waals surface area (Å²) < 4.78 is 0. The van der Waals surface area contributed by atoms with Gasteiger partial charge in [-0.05, 0) is 43.9 Å². The summed E-state index contributed by atoms with van der Waals surface area (Å²) in [5.74, 6) is 0.910. The molecule has 3 aliphatic rings. The number of aliphatic imine (C=N–C) groups is 1. The quantitative estimate of drug-likeness (QED) is 0.484. The van der Waals surface area contributed by atoms with Gasteiger partial charge in [-0.1, -0.05) is 24.3 Å². The molecule has 0 aromatic heterocycles. The first-order valence-corrected chi connectivity index (χ1v) is 9.95. The number of nitrogens with zero attached hydrogens (tertiary/aromatic N) is 3. The zero-order chi connectivity index (χ0) is 17.9. The van der Waals surface area contributed by atoms with Crippen molar-refractivity contribution in [3.63, 3.8) is 0 Å². The Labute approximate surface area is 157 Å². The summed E-state index contributed by atoms with van der Waals surface area (Å²) in [7, 11) is 1.86. The highest BCUT2D eigenvalue weighted by atomic mass is 15.3. The van der Waals surface area contributed by atoms with Crippen LogP contribution in [0.4, 0.5) is 5.69 Å².